The molecule has 0 aromatic carbocycles. The van der Waals surface area contributed by atoms with Crippen LogP contribution in [0.2, 0.25) is 0 Å². The summed E-state index contributed by atoms with van der Waals surface area (Å²) in [5.41, 5.74) is 0. The highest BCUT2D eigenvalue weighted by Gasteiger charge is 2.49. The summed E-state index contributed by atoms with van der Waals surface area (Å²) in [5, 5.41) is 0. The number of hydrogen-bond donors (Lipinski definition) is 0. The minimum atomic E-state index is 0.0588. The fourth-order valence-corrected chi connectivity index (χ4v) is 2.90. The van der Waals surface area contributed by atoms with Crippen LogP contribution in [0.4, 0.5) is 0 Å². The van der Waals surface area contributed by atoms with Gasteiger partial charge in [-0.3, -0.25) is 4.79 Å². The smallest absolute Gasteiger partial charge is 0.309 e. The maximum absolute atomic E-state index is 11.3. The maximum Gasteiger partial charge on any atom is 0.309 e. The molecule has 12 heavy (non-hydrogen) atoms. The van der Waals surface area contributed by atoms with Crippen molar-refractivity contribution in [2.24, 2.45) is 23.7 Å². The van der Waals surface area contributed by atoms with E-state index in [1.54, 1.807) is 0 Å². The minimum Gasteiger partial charge on any atom is -0.465 e. The lowest BCUT2D eigenvalue weighted by atomic mass is 9.89. The predicted molar refractivity (Wildman–Crippen MR) is 45.5 cm³/mol. The Kier molecular flexibility index (Phi) is 1.85. The molecule has 2 fully saturated rings. The Morgan fingerprint density at radius 2 is 2.33 bits per heavy atom. The predicted octanol–water partition coefficient (Wildman–Crippen LogP) is 1.84. The summed E-state index contributed by atoms with van der Waals surface area (Å²) in [6.07, 6.45) is 2.42. The van der Waals surface area contributed by atoms with Crippen LogP contribution >= 0.6 is 0 Å². The van der Waals surface area contributed by atoms with E-state index in [1.807, 2.05) is 0 Å². The Labute approximate surface area is 73.3 Å². The number of hydrogen-bond acceptors (Lipinski definition) is 2. The molecule has 68 valence electrons. The molecule has 2 nitrogen and oxygen atoms in total. The zero-order valence-electron chi connectivity index (χ0n) is 7.75. The van der Waals surface area contributed by atoms with Crippen LogP contribution in [0.5, 0.6) is 0 Å². The van der Waals surface area contributed by atoms with Crippen LogP contribution in [0.3, 0.4) is 0 Å². The number of cyclic esters (lactones) is 1. The highest BCUT2D eigenvalue weighted by Crippen LogP contribution is 2.46. The molecule has 2 heteroatoms. The molecule has 1 saturated carbocycles. The fourth-order valence-electron chi connectivity index (χ4n) is 2.90. The van der Waals surface area contributed by atoms with Gasteiger partial charge in [0.1, 0.15) is 0 Å². The minimum absolute atomic E-state index is 0.0588. The van der Waals surface area contributed by atoms with Crippen molar-refractivity contribution in [3.8, 4) is 0 Å². The molecular weight excluding hydrogens is 152 g/mol. The third kappa shape index (κ3) is 0.970. The molecule has 2 aliphatic rings. The quantitative estimate of drug-likeness (QED) is 0.558. The van der Waals surface area contributed by atoms with Gasteiger partial charge < -0.3 is 4.74 Å². The van der Waals surface area contributed by atoms with Gasteiger partial charge in [0.15, 0.2) is 0 Å². The second kappa shape index (κ2) is 2.75. The maximum atomic E-state index is 11.3. The summed E-state index contributed by atoms with van der Waals surface area (Å²) >= 11 is 0. The van der Waals surface area contributed by atoms with E-state index in [4.69, 9.17) is 4.74 Å². The average Bonchev–Trinajstić information content (AvgIpc) is 2.55. The van der Waals surface area contributed by atoms with E-state index in [1.165, 1.54) is 12.8 Å². The molecule has 0 radical (unpaired) electrons. The molecule has 4 atom stereocenters. The highest BCUT2D eigenvalue weighted by molar-refractivity contribution is 5.75. The first-order valence-corrected chi connectivity index (χ1v) is 4.90. The van der Waals surface area contributed by atoms with Gasteiger partial charge in [0.25, 0.3) is 0 Å². The van der Waals surface area contributed by atoms with E-state index in [0.717, 1.165) is 5.92 Å². The molecule has 0 bridgehead atoms. The van der Waals surface area contributed by atoms with Gasteiger partial charge in [-0.2, -0.15) is 0 Å². The van der Waals surface area contributed by atoms with E-state index in [-0.39, 0.29) is 11.9 Å². The largest absolute Gasteiger partial charge is 0.465 e. The number of fused-ring (bicyclic) bond motifs is 1. The van der Waals surface area contributed by atoms with Crippen molar-refractivity contribution in [2.45, 2.75) is 26.7 Å². The zero-order chi connectivity index (χ0) is 8.72. The first-order valence-electron chi connectivity index (χ1n) is 4.90. The molecular formula is C10H16O2. The number of rotatable bonds is 1. The standard InChI is InChI=1S/C10H16O2/c1-3-7-4-6(2)9-8(7)5-12-10(9)11/h6-9H,3-5H2,1-2H3/t6?,7-,8?,9?/m0/s1. The van der Waals surface area contributed by atoms with Crippen molar-refractivity contribution in [1.82, 2.24) is 0 Å². The summed E-state index contributed by atoms with van der Waals surface area (Å²) in [6, 6.07) is 0. The Bertz CT molecular complexity index is 200. The van der Waals surface area contributed by atoms with E-state index >= 15 is 0 Å². The van der Waals surface area contributed by atoms with Crippen molar-refractivity contribution in [3.05, 3.63) is 0 Å². The van der Waals surface area contributed by atoms with Crippen LogP contribution in [-0.4, -0.2) is 12.6 Å². The van der Waals surface area contributed by atoms with Gasteiger partial charge >= 0.3 is 5.97 Å². The molecule has 1 heterocycles. The van der Waals surface area contributed by atoms with Crippen molar-refractivity contribution in [2.75, 3.05) is 6.61 Å². The lowest BCUT2D eigenvalue weighted by Crippen LogP contribution is -2.17. The van der Waals surface area contributed by atoms with Gasteiger partial charge in [0.05, 0.1) is 12.5 Å². The SMILES string of the molecule is CC[C@H]1CC(C)C2C(=O)OCC21. The molecule has 3 unspecified atom stereocenters. The molecule has 1 saturated heterocycles. The van der Waals surface area contributed by atoms with Crippen molar-refractivity contribution < 1.29 is 9.53 Å². The third-order valence-corrected chi connectivity index (χ3v) is 3.57. The van der Waals surface area contributed by atoms with Crippen molar-refractivity contribution >= 4 is 5.97 Å². The third-order valence-electron chi connectivity index (χ3n) is 3.57. The number of carbonyl (C=O) groups excluding carboxylic acids is 1. The molecule has 1 aliphatic carbocycles. The Morgan fingerprint density at radius 3 is 3.00 bits per heavy atom. The zero-order valence-corrected chi connectivity index (χ0v) is 7.75. The van der Waals surface area contributed by atoms with Gasteiger partial charge in [0, 0.05) is 5.92 Å². The lowest BCUT2D eigenvalue weighted by Gasteiger charge is -2.12. The van der Waals surface area contributed by atoms with Crippen LogP contribution in [0.1, 0.15) is 26.7 Å². The summed E-state index contributed by atoms with van der Waals surface area (Å²) in [6.45, 7) is 5.08. The van der Waals surface area contributed by atoms with E-state index < -0.39 is 0 Å². The van der Waals surface area contributed by atoms with E-state index in [2.05, 4.69) is 13.8 Å². The second-order valence-electron chi connectivity index (χ2n) is 4.20. The second-order valence-corrected chi connectivity index (χ2v) is 4.20. The van der Waals surface area contributed by atoms with Crippen LogP contribution < -0.4 is 0 Å². The molecule has 0 amide bonds. The van der Waals surface area contributed by atoms with E-state index in [0.29, 0.717) is 18.4 Å². The van der Waals surface area contributed by atoms with Crippen LogP contribution in [0.25, 0.3) is 0 Å². The Morgan fingerprint density at radius 1 is 1.58 bits per heavy atom. The monoisotopic (exact) mass is 168 g/mol. The molecule has 2 rings (SSSR count). The van der Waals surface area contributed by atoms with Gasteiger partial charge in [-0.15, -0.1) is 0 Å². The molecule has 0 spiro atoms. The lowest BCUT2D eigenvalue weighted by molar-refractivity contribution is -0.142. The Hall–Kier alpha value is -0.530. The first kappa shape index (κ1) is 8.09. The van der Waals surface area contributed by atoms with Crippen LogP contribution in [0, 0.1) is 23.7 Å². The van der Waals surface area contributed by atoms with Crippen LogP contribution in [-0.2, 0) is 9.53 Å². The summed E-state index contributed by atoms with van der Waals surface area (Å²) in [4.78, 5) is 11.3. The van der Waals surface area contributed by atoms with Crippen LogP contribution in [0.15, 0.2) is 0 Å². The summed E-state index contributed by atoms with van der Waals surface area (Å²) in [7, 11) is 0. The van der Waals surface area contributed by atoms with Gasteiger partial charge in [-0.1, -0.05) is 20.3 Å². The van der Waals surface area contributed by atoms with Gasteiger partial charge in [0.2, 0.25) is 0 Å². The molecule has 0 N–H and O–H groups in total. The van der Waals surface area contributed by atoms with Gasteiger partial charge in [-0.25, -0.2) is 0 Å². The van der Waals surface area contributed by atoms with Gasteiger partial charge in [-0.05, 0) is 18.3 Å². The van der Waals surface area contributed by atoms with Crippen molar-refractivity contribution in [3.63, 3.8) is 0 Å². The first-order chi connectivity index (χ1) is 5.74. The summed E-state index contributed by atoms with van der Waals surface area (Å²) in [5.74, 6) is 2.11. The van der Waals surface area contributed by atoms with Crippen molar-refractivity contribution in [1.29, 1.82) is 0 Å². The topological polar surface area (TPSA) is 26.3 Å². The average molecular weight is 168 g/mol. The molecule has 1 aliphatic heterocycles. The highest BCUT2D eigenvalue weighted by atomic mass is 16.5. The normalized spacial score (nSPS) is 46.0. The Balaban J connectivity index is 2.17. The fraction of sp³-hybridized carbons (Fsp3) is 0.900. The summed E-state index contributed by atoms with van der Waals surface area (Å²) < 4.78 is 5.08. The molecule has 0 aromatic heterocycles. The van der Waals surface area contributed by atoms with E-state index in [9.17, 15) is 4.79 Å². The number of carbonyl (C=O) groups is 1. The molecule has 0 aromatic rings. The number of ether oxygens (including phenoxy) is 1. The number of esters is 1.